The maximum absolute atomic E-state index is 13.4. The van der Waals surface area contributed by atoms with E-state index in [2.05, 4.69) is 9.97 Å². The normalized spacial score (nSPS) is 19.6. The predicted octanol–water partition coefficient (Wildman–Crippen LogP) is 4.18. The van der Waals surface area contributed by atoms with Crippen LogP contribution in [0, 0.1) is 19.8 Å². The van der Waals surface area contributed by atoms with Gasteiger partial charge in [0.25, 0.3) is 0 Å². The number of carbonyl (C=O) groups excluding carboxylic acids is 1. The Labute approximate surface area is 199 Å². The van der Waals surface area contributed by atoms with Crippen molar-refractivity contribution in [1.82, 2.24) is 19.2 Å². The first-order valence-corrected chi connectivity index (χ1v) is 13.5. The number of hydrogen-bond donors (Lipinski definition) is 1. The van der Waals surface area contributed by atoms with E-state index in [1.807, 2.05) is 45.9 Å². The van der Waals surface area contributed by atoms with Crippen LogP contribution in [-0.4, -0.2) is 58.0 Å². The quantitative estimate of drug-likeness (QED) is 0.529. The molecule has 7 nitrogen and oxygen atoms in total. The Morgan fingerprint density at radius 2 is 1.82 bits per heavy atom. The highest BCUT2D eigenvalue weighted by molar-refractivity contribution is 7.99. The molecule has 1 aliphatic rings. The number of aryl methyl sites for hydroxylation is 2. The number of fused-ring (bicyclic) bond motifs is 1. The second-order valence-corrected chi connectivity index (χ2v) is 11.8. The van der Waals surface area contributed by atoms with Crippen LogP contribution in [0.5, 0.6) is 0 Å². The maximum atomic E-state index is 13.4. The molecule has 1 N–H and O–H groups in total. The minimum absolute atomic E-state index is 0.0931. The molecule has 0 spiro atoms. The maximum Gasteiger partial charge on any atom is 0.244 e. The molecule has 0 radical (unpaired) electrons. The minimum atomic E-state index is -3.71. The number of sulfonamides is 1. The summed E-state index contributed by atoms with van der Waals surface area (Å²) in [7, 11) is -3.71. The molecule has 0 unspecified atom stereocenters. The van der Waals surface area contributed by atoms with Crippen molar-refractivity contribution < 1.29 is 13.2 Å². The van der Waals surface area contributed by atoms with Gasteiger partial charge in [-0.25, -0.2) is 13.4 Å². The highest BCUT2D eigenvalue weighted by atomic mass is 32.2. The number of benzene rings is 2. The van der Waals surface area contributed by atoms with Crippen LogP contribution in [0.4, 0.5) is 0 Å². The fourth-order valence-corrected chi connectivity index (χ4v) is 6.64. The summed E-state index contributed by atoms with van der Waals surface area (Å²) >= 11 is 1.34. The van der Waals surface area contributed by atoms with Crippen LogP contribution >= 0.6 is 11.8 Å². The van der Waals surface area contributed by atoms with Gasteiger partial charge < -0.3 is 9.88 Å². The molecule has 2 atom stereocenters. The molecule has 1 aliphatic heterocycles. The van der Waals surface area contributed by atoms with Gasteiger partial charge in [0.2, 0.25) is 15.9 Å². The molecule has 1 saturated heterocycles. The number of nitrogens with zero attached hydrogens (tertiary/aromatic N) is 3. The van der Waals surface area contributed by atoms with Crippen molar-refractivity contribution in [3.05, 3.63) is 53.6 Å². The monoisotopic (exact) mass is 486 g/mol. The van der Waals surface area contributed by atoms with Gasteiger partial charge in [-0.05, 0) is 56.5 Å². The Morgan fingerprint density at radius 3 is 2.48 bits per heavy atom. The zero-order valence-electron chi connectivity index (χ0n) is 19.6. The van der Waals surface area contributed by atoms with Gasteiger partial charge >= 0.3 is 0 Å². The van der Waals surface area contributed by atoms with Gasteiger partial charge in [-0.15, -0.1) is 0 Å². The van der Waals surface area contributed by atoms with E-state index in [0.717, 1.165) is 22.2 Å². The molecule has 2 aromatic carbocycles. The predicted molar refractivity (Wildman–Crippen MR) is 132 cm³/mol. The van der Waals surface area contributed by atoms with E-state index >= 15 is 0 Å². The lowest BCUT2D eigenvalue weighted by Crippen LogP contribution is -2.46. The van der Waals surface area contributed by atoms with Crippen LogP contribution < -0.4 is 0 Å². The van der Waals surface area contributed by atoms with Crippen molar-refractivity contribution in [2.24, 2.45) is 5.92 Å². The summed E-state index contributed by atoms with van der Waals surface area (Å²) in [5.41, 5.74) is 3.94. The molecular formula is C24H30N4O3S2. The van der Waals surface area contributed by atoms with E-state index in [9.17, 15) is 13.2 Å². The molecule has 1 aromatic heterocycles. The van der Waals surface area contributed by atoms with Gasteiger partial charge in [0.15, 0.2) is 5.16 Å². The van der Waals surface area contributed by atoms with E-state index in [4.69, 9.17) is 0 Å². The number of carbonyl (C=O) groups is 1. The molecule has 2 heterocycles. The average molecular weight is 487 g/mol. The Kier molecular flexibility index (Phi) is 6.57. The Morgan fingerprint density at radius 1 is 1.15 bits per heavy atom. The van der Waals surface area contributed by atoms with Gasteiger partial charge in [0.05, 0.1) is 27.8 Å². The van der Waals surface area contributed by atoms with Gasteiger partial charge in [-0.3, -0.25) is 4.79 Å². The highest BCUT2D eigenvalue weighted by Gasteiger charge is 2.46. The van der Waals surface area contributed by atoms with Crippen molar-refractivity contribution >= 4 is 38.7 Å². The van der Waals surface area contributed by atoms with Crippen LogP contribution in [0.2, 0.25) is 0 Å². The summed E-state index contributed by atoms with van der Waals surface area (Å²) in [6, 6.07) is 12.6. The molecule has 4 rings (SSSR count). The molecule has 0 aliphatic carbocycles. The van der Waals surface area contributed by atoms with Crippen molar-refractivity contribution in [1.29, 1.82) is 0 Å². The van der Waals surface area contributed by atoms with Crippen LogP contribution in [0.15, 0.2) is 52.5 Å². The second-order valence-electron chi connectivity index (χ2n) is 8.98. The summed E-state index contributed by atoms with van der Waals surface area (Å²) in [5.74, 6) is 0.211. The van der Waals surface area contributed by atoms with Crippen molar-refractivity contribution in [2.45, 2.75) is 56.9 Å². The Balaban J connectivity index is 1.53. The zero-order chi connectivity index (χ0) is 23.9. The van der Waals surface area contributed by atoms with Crippen LogP contribution in [-0.2, 0) is 14.8 Å². The number of imidazole rings is 1. The first kappa shape index (κ1) is 23.8. The summed E-state index contributed by atoms with van der Waals surface area (Å²) < 4.78 is 28.2. The second kappa shape index (κ2) is 9.12. The number of aromatic nitrogens is 2. The Hall–Kier alpha value is -2.36. The molecule has 176 valence electrons. The number of amides is 1. The first-order valence-electron chi connectivity index (χ1n) is 11.1. The third kappa shape index (κ3) is 4.67. The SMILES string of the molecule is Cc1ccc(S(=O)(=O)N2C[C@H](C(C)C)N(C(=O)CSc3nc4ccc(C)cc4[nH]3)[C@@H]2C)cc1. The van der Waals surface area contributed by atoms with Gasteiger partial charge in [-0.1, -0.05) is 49.4 Å². The summed E-state index contributed by atoms with van der Waals surface area (Å²) in [4.78, 5) is 23.1. The van der Waals surface area contributed by atoms with Gasteiger partial charge in [0, 0.05) is 12.6 Å². The first-order chi connectivity index (χ1) is 15.6. The fraction of sp³-hybridized carbons (Fsp3) is 0.417. The van der Waals surface area contributed by atoms with E-state index in [1.165, 1.54) is 16.1 Å². The molecule has 3 aromatic rings. The zero-order valence-corrected chi connectivity index (χ0v) is 21.2. The molecule has 1 fully saturated rings. The smallest absolute Gasteiger partial charge is 0.244 e. The molecular weight excluding hydrogens is 456 g/mol. The molecule has 0 saturated carbocycles. The Bertz CT molecular complexity index is 1270. The third-order valence-electron chi connectivity index (χ3n) is 6.18. The largest absolute Gasteiger partial charge is 0.333 e. The molecule has 0 bridgehead atoms. The van der Waals surface area contributed by atoms with Crippen LogP contribution in [0.3, 0.4) is 0 Å². The molecule has 9 heteroatoms. The number of H-pyrrole nitrogens is 1. The van der Waals surface area contributed by atoms with E-state index in [1.54, 1.807) is 36.1 Å². The van der Waals surface area contributed by atoms with E-state index < -0.39 is 16.2 Å². The minimum Gasteiger partial charge on any atom is -0.333 e. The lowest BCUT2D eigenvalue weighted by Gasteiger charge is -2.30. The van der Waals surface area contributed by atoms with Crippen molar-refractivity contribution in [3.63, 3.8) is 0 Å². The van der Waals surface area contributed by atoms with E-state index in [-0.39, 0.29) is 35.1 Å². The summed E-state index contributed by atoms with van der Waals surface area (Å²) in [6.07, 6.45) is -0.560. The summed E-state index contributed by atoms with van der Waals surface area (Å²) in [5, 5.41) is 0.682. The number of rotatable bonds is 6. The lowest BCUT2D eigenvalue weighted by atomic mass is 10.0. The van der Waals surface area contributed by atoms with Crippen molar-refractivity contribution in [2.75, 3.05) is 12.3 Å². The highest BCUT2D eigenvalue weighted by Crippen LogP contribution is 2.32. The topological polar surface area (TPSA) is 86.4 Å². The number of hydrogen-bond acceptors (Lipinski definition) is 5. The molecule has 1 amide bonds. The average Bonchev–Trinajstić information content (AvgIpc) is 3.33. The molecule has 33 heavy (non-hydrogen) atoms. The fourth-order valence-electron chi connectivity index (χ4n) is 4.28. The standard InChI is InChI=1S/C24H30N4O3S2/c1-15(2)22-13-27(33(30,31)19-9-6-16(3)7-10-19)18(5)28(22)23(29)14-32-24-25-20-11-8-17(4)12-21(20)26-24/h6-12,15,18,22H,13-14H2,1-5H3,(H,25,26)/t18-,22-/m1/s1. The lowest BCUT2D eigenvalue weighted by molar-refractivity contribution is -0.132. The van der Waals surface area contributed by atoms with Crippen molar-refractivity contribution in [3.8, 4) is 0 Å². The third-order valence-corrected chi connectivity index (χ3v) is 8.97. The van der Waals surface area contributed by atoms with Crippen LogP contribution in [0.25, 0.3) is 11.0 Å². The number of aromatic amines is 1. The number of thioether (sulfide) groups is 1. The van der Waals surface area contributed by atoms with Gasteiger partial charge in [0.1, 0.15) is 0 Å². The van der Waals surface area contributed by atoms with E-state index in [0.29, 0.717) is 5.16 Å². The van der Waals surface area contributed by atoms with Gasteiger partial charge in [-0.2, -0.15) is 4.31 Å². The summed E-state index contributed by atoms with van der Waals surface area (Å²) in [6.45, 7) is 10.1. The number of nitrogens with one attached hydrogen (secondary N) is 1. The van der Waals surface area contributed by atoms with Crippen LogP contribution in [0.1, 0.15) is 31.9 Å².